The molecule has 12 heavy (non-hydrogen) atoms. The second kappa shape index (κ2) is 4.78. The van der Waals surface area contributed by atoms with Crippen LogP contribution in [0.5, 0.6) is 0 Å². The minimum Gasteiger partial charge on any atom is -0.250 e. The molecule has 0 fully saturated rings. The van der Waals surface area contributed by atoms with Crippen molar-refractivity contribution in [2.24, 2.45) is 0 Å². The molecule has 1 aromatic heterocycles. The van der Waals surface area contributed by atoms with Gasteiger partial charge in [0.2, 0.25) is 0 Å². The average Bonchev–Trinajstić information content (AvgIpc) is 2.15. The maximum atomic E-state index is 8.60. The lowest BCUT2D eigenvalue weighted by Crippen LogP contribution is -1.82. The SMILES string of the molecule is CCCSc1cc(C#N)ccn1. The third kappa shape index (κ3) is 2.55. The van der Waals surface area contributed by atoms with Gasteiger partial charge in [-0.25, -0.2) is 4.98 Å². The Morgan fingerprint density at radius 1 is 1.67 bits per heavy atom. The molecule has 1 heterocycles. The molecule has 2 nitrogen and oxygen atoms in total. The first-order valence-corrected chi connectivity index (χ1v) is 4.84. The first-order valence-electron chi connectivity index (χ1n) is 3.85. The molecule has 0 aromatic carbocycles. The van der Waals surface area contributed by atoms with Crippen molar-refractivity contribution in [3.63, 3.8) is 0 Å². The molecule has 0 aliphatic carbocycles. The summed E-state index contributed by atoms with van der Waals surface area (Å²) >= 11 is 1.69. The van der Waals surface area contributed by atoms with Gasteiger partial charge < -0.3 is 0 Å². The average molecular weight is 178 g/mol. The highest BCUT2D eigenvalue weighted by molar-refractivity contribution is 7.99. The summed E-state index contributed by atoms with van der Waals surface area (Å²) in [5.41, 5.74) is 0.684. The summed E-state index contributed by atoms with van der Waals surface area (Å²) in [4.78, 5) is 4.14. The number of rotatable bonds is 3. The highest BCUT2D eigenvalue weighted by Crippen LogP contribution is 2.16. The van der Waals surface area contributed by atoms with Gasteiger partial charge in [0.15, 0.2) is 0 Å². The molecule has 0 N–H and O–H groups in total. The number of hydrogen-bond acceptors (Lipinski definition) is 3. The Labute approximate surface area is 76.6 Å². The van der Waals surface area contributed by atoms with Gasteiger partial charge in [-0.1, -0.05) is 6.92 Å². The second-order valence-electron chi connectivity index (χ2n) is 2.34. The summed E-state index contributed by atoms with van der Waals surface area (Å²) in [5, 5.41) is 9.54. The summed E-state index contributed by atoms with van der Waals surface area (Å²) in [5.74, 6) is 1.06. The van der Waals surface area contributed by atoms with E-state index in [0.29, 0.717) is 5.56 Å². The predicted octanol–water partition coefficient (Wildman–Crippen LogP) is 2.46. The van der Waals surface area contributed by atoms with Crippen molar-refractivity contribution in [2.75, 3.05) is 5.75 Å². The largest absolute Gasteiger partial charge is 0.250 e. The lowest BCUT2D eigenvalue weighted by molar-refractivity contribution is 1.08. The van der Waals surface area contributed by atoms with Gasteiger partial charge in [0.25, 0.3) is 0 Å². The molecular weight excluding hydrogens is 168 g/mol. The lowest BCUT2D eigenvalue weighted by atomic mass is 10.3. The van der Waals surface area contributed by atoms with Crippen molar-refractivity contribution in [3.05, 3.63) is 23.9 Å². The van der Waals surface area contributed by atoms with Gasteiger partial charge in [-0.3, -0.25) is 0 Å². The topological polar surface area (TPSA) is 36.7 Å². The van der Waals surface area contributed by atoms with Crippen LogP contribution in [0.3, 0.4) is 0 Å². The third-order valence-electron chi connectivity index (χ3n) is 1.32. The third-order valence-corrected chi connectivity index (χ3v) is 2.45. The van der Waals surface area contributed by atoms with E-state index in [1.165, 1.54) is 0 Å². The molecule has 62 valence electrons. The lowest BCUT2D eigenvalue weighted by Gasteiger charge is -1.97. The van der Waals surface area contributed by atoms with E-state index in [2.05, 4.69) is 18.0 Å². The number of pyridine rings is 1. The monoisotopic (exact) mass is 178 g/mol. The van der Waals surface area contributed by atoms with Crippen LogP contribution in [0.25, 0.3) is 0 Å². The molecule has 0 aliphatic rings. The van der Waals surface area contributed by atoms with Crippen molar-refractivity contribution in [1.29, 1.82) is 5.26 Å². The zero-order chi connectivity index (χ0) is 8.81. The molecule has 0 amide bonds. The summed E-state index contributed by atoms with van der Waals surface area (Å²) in [6.07, 6.45) is 2.81. The maximum Gasteiger partial charge on any atom is 0.0993 e. The molecule has 0 spiro atoms. The highest BCUT2D eigenvalue weighted by Gasteiger charge is 1.95. The molecule has 0 unspecified atom stereocenters. The van der Waals surface area contributed by atoms with Crippen LogP contribution < -0.4 is 0 Å². The van der Waals surface area contributed by atoms with Crippen molar-refractivity contribution in [3.8, 4) is 6.07 Å². The van der Waals surface area contributed by atoms with Crippen LogP contribution >= 0.6 is 11.8 Å². The number of thioether (sulfide) groups is 1. The van der Waals surface area contributed by atoms with E-state index in [9.17, 15) is 0 Å². The normalized spacial score (nSPS) is 9.33. The number of nitriles is 1. The Kier molecular flexibility index (Phi) is 3.62. The van der Waals surface area contributed by atoms with E-state index in [0.717, 1.165) is 17.2 Å². The smallest absolute Gasteiger partial charge is 0.0993 e. The Morgan fingerprint density at radius 3 is 3.17 bits per heavy atom. The maximum absolute atomic E-state index is 8.60. The number of aromatic nitrogens is 1. The number of nitrogens with zero attached hydrogens (tertiary/aromatic N) is 2. The van der Waals surface area contributed by atoms with E-state index in [1.807, 2.05) is 6.07 Å². The fraction of sp³-hybridized carbons (Fsp3) is 0.333. The number of hydrogen-bond donors (Lipinski definition) is 0. The fourth-order valence-electron chi connectivity index (χ4n) is 0.765. The fourth-order valence-corrected chi connectivity index (χ4v) is 1.52. The molecule has 0 aliphatic heterocycles. The Morgan fingerprint density at radius 2 is 2.50 bits per heavy atom. The van der Waals surface area contributed by atoms with Crippen molar-refractivity contribution >= 4 is 11.8 Å². The van der Waals surface area contributed by atoms with E-state index in [1.54, 1.807) is 24.0 Å². The van der Waals surface area contributed by atoms with E-state index >= 15 is 0 Å². The van der Waals surface area contributed by atoms with Crippen molar-refractivity contribution in [1.82, 2.24) is 4.98 Å². The minimum absolute atomic E-state index is 0.684. The zero-order valence-corrected chi connectivity index (χ0v) is 7.77. The van der Waals surface area contributed by atoms with Crippen LogP contribution in [-0.2, 0) is 0 Å². The van der Waals surface area contributed by atoms with Crippen LogP contribution in [0.15, 0.2) is 23.4 Å². The van der Waals surface area contributed by atoms with Crippen LogP contribution in [0.1, 0.15) is 18.9 Å². The van der Waals surface area contributed by atoms with Gasteiger partial charge in [-0.05, 0) is 24.3 Å². The van der Waals surface area contributed by atoms with Gasteiger partial charge in [0, 0.05) is 6.20 Å². The van der Waals surface area contributed by atoms with Crippen molar-refractivity contribution in [2.45, 2.75) is 18.4 Å². The van der Waals surface area contributed by atoms with Gasteiger partial charge in [0.1, 0.15) is 0 Å². The molecule has 0 bridgehead atoms. The molecular formula is C9H10N2S. The van der Waals surface area contributed by atoms with Gasteiger partial charge in [0.05, 0.1) is 16.7 Å². The van der Waals surface area contributed by atoms with Crippen LogP contribution in [0.4, 0.5) is 0 Å². The predicted molar refractivity (Wildman–Crippen MR) is 50.0 cm³/mol. The van der Waals surface area contributed by atoms with Gasteiger partial charge >= 0.3 is 0 Å². The molecule has 0 saturated heterocycles. The van der Waals surface area contributed by atoms with Crippen molar-refractivity contribution < 1.29 is 0 Å². The van der Waals surface area contributed by atoms with Crippen LogP contribution in [0, 0.1) is 11.3 Å². The molecule has 0 atom stereocenters. The van der Waals surface area contributed by atoms with Gasteiger partial charge in [-0.15, -0.1) is 11.8 Å². The van der Waals surface area contributed by atoms with E-state index in [-0.39, 0.29) is 0 Å². The summed E-state index contributed by atoms with van der Waals surface area (Å²) in [6.45, 7) is 2.13. The molecule has 3 heteroatoms. The Hall–Kier alpha value is -1.01. The quantitative estimate of drug-likeness (QED) is 0.667. The summed E-state index contributed by atoms with van der Waals surface area (Å²) < 4.78 is 0. The van der Waals surface area contributed by atoms with E-state index in [4.69, 9.17) is 5.26 Å². The van der Waals surface area contributed by atoms with Crippen LogP contribution in [-0.4, -0.2) is 10.7 Å². The summed E-state index contributed by atoms with van der Waals surface area (Å²) in [7, 11) is 0. The minimum atomic E-state index is 0.684. The molecule has 0 saturated carbocycles. The highest BCUT2D eigenvalue weighted by atomic mass is 32.2. The molecule has 1 aromatic rings. The first kappa shape index (κ1) is 9.08. The molecule has 1 rings (SSSR count). The molecule has 0 radical (unpaired) electrons. The van der Waals surface area contributed by atoms with E-state index < -0.39 is 0 Å². The second-order valence-corrected chi connectivity index (χ2v) is 3.46. The summed E-state index contributed by atoms with van der Waals surface area (Å²) in [6, 6.07) is 5.63. The standard InChI is InChI=1S/C9H10N2S/c1-2-5-12-9-6-8(7-10)3-4-11-9/h3-4,6H,2,5H2,1H3. The van der Waals surface area contributed by atoms with Crippen LogP contribution in [0.2, 0.25) is 0 Å². The Bertz CT molecular complexity index is 291. The first-order chi connectivity index (χ1) is 5.86. The zero-order valence-electron chi connectivity index (χ0n) is 6.95. The van der Waals surface area contributed by atoms with Gasteiger partial charge in [-0.2, -0.15) is 5.26 Å². The Balaban J connectivity index is 2.68.